The zero-order valence-corrected chi connectivity index (χ0v) is 10.3. The molecule has 16 heavy (non-hydrogen) atoms. The van der Waals surface area contributed by atoms with Crippen LogP contribution in [0, 0.1) is 12.8 Å². The van der Waals surface area contributed by atoms with Crippen LogP contribution in [0.25, 0.3) is 0 Å². The van der Waals surface area contributed by atoms with Crippen LogP contribution in [0.3, 0.4) is 0 Å². The van der Waals surface area contributed by atoms with Crippen molar-refractivity contribution in [1.29, 1.82) is 0 Å². The molecule has 1 aliphatic carbocycles. The number of hydrogen-bond donors (Lipinski definition) is 1. The van der Waals surface area contributed by atoms with E-state index in [1.165, 1.54) is 36.5 Å². The number of rotatable bonds is 3. The average molecular weight is 219 g/mol. The maximum atomic E-state index is 4.70. The summed E-state index contributed by atoms with van der Waals surface area (Å²) in [5, 5.41) is 3.40. The van der Waals surface area contributed by atoms with Gasteiger partial charge in [0.25, 0.3) is 0 Å². The van der Waals surface area contributed by atoms with Crippen molar-refractivity contribution >= 4 is 0 Å². The van der Waals surface area contributed by atoms with Gasteiger partial charge >= 0.3 is 0 Å². The van der Waals surface area contributed by atoms with E-state index in [0.29, 0.717) is 6.04 Å². The SMILES string of the molecule is Cc1nc2c(n1C(C)CC1CC1)CCNC2. The summed E-state index contributed by atoms with van der Waals surface area (Å²) in [6.45, 7) is 6.57. The molecule has 1 aliphatic heterocycles. The minimum atomic E-state index is 0.641. The van der Waals surface area contributed by atoms with Crippen LogP contribution in [0.1, 0.15) is 49.4 Å². The van der Waals surface area contributed by atoms with E-state index in [1.54, 1.807) is 0 Å². The summed E-state index contributed by atoms with van der Waals surface area (Å²) >= 11 is 0. The first-order valence-corrected chi connectivity index (χ1v) is 6.53. The molecule has 2 aliphatic rings. The van der Waals surface area contributed by atoms with Crippen LogP contribution in [0.5, 0.6) is 0 Å². The molecule has 1 atom stereocenters. The lowest BCUT2D eigenvalue weighted by atomic mass is 10.1. The molecule has 0 bridgehead atoms. The van der Waals surface area contributed by atoms with Crippen LogP contribution in [-0.4, -0.2) is 16.1 Å². The van der Waals surface area contributed by atoms with Crippen molar-refractivity contribution in [2.24, 2.45) is 5.92 Å². The predicted molar refractivity (Wildman–Crippen MR) is 64.4 cm³/mol. The van der Waals surface area contributed by atoms with Crippen LogP contribution in [-0.2, 0) is 13.0 Å². The van der Waals surface area contributed by atoms with Crippen LogP contribution in [0.2, 0.25) is 0 Å². The van der Waals surface area contributed by atoms with Gasteiger partial charge in [-0.1, -0.05) is 12.8 Å². The van der Waals surface area contributed by atoms with Crippen molar-refractivity contribution in [3.05, 3.63) is 17.2 Å². The first kappa shape index (κ1) is 10.3. The summed E-state index contributed by atoms with van der Waals surface area (Å²) < 4.78 is 2.49. The topological polar surface area (TPSA) is 29.9 Å². The van der Waals surface area contributed by atoms with Gasteiger partial charge in [0.2, 0.25) is 0 Å². The molecular formula is C13H21N3. The number of hydrogen-bond acceptors (Lipinski definition) is 2. The number of nitrogens with zero attached hydrogens (tertiary/aromatic N) is 2. The molecular weight excluding hydrogens is 198 g/mol. The molecule has 0 spiro atoms. The van der Waals surface area contributed by atoms with Crippen LogP contribution < -0.4 is 5.32 Å². The Morgan fingerprint density at radius 1 is 1.50 bits per heavy atom. The Bertz CT molecular complexity index is 390. The standard InChI is InChI=1S/C13H21N3/c1-9(7-11-3-4-11)16-10(2)15-12-8-14-6-5-13(12)16/h9,11,14H,3-8H2,1-2H3. The summed E-state index contributed by atoms with van der Waals surface area (Å²) in [4.78, 5) is 4.70. The van der Waals surface area contributed by atoms with Crippen molar-refractivity contribution in [2.75, 3.05) is 6.54 Å². The van der Waals surface area contributed by atoms with E-state index in [4.69, 9.17) is 4.98 Å². The maximum absolute atomic E-state index is 4.70. The molecule has 0 radical (unpaired) electrons. The van der Waals surface area contributed by atoms with Gasteiger partial charge in [0, 0.05) is 31.2 Å². The molecule has 1 unspecified atom stereocenters. The van der Waals surface area contributed by atoms with E-state index in [2.05, 4.69) is 23.7 Å². The molecule has 2 heterocycles. The molecule has 0 aromatic carbocycles. The van der Waals surface area contributed by atoms with Gasteiger partial charge in [0.05, 0.1) is 5.69 Å². The fourth-order valence-corrected chi connectivity index (χ4v) is 2.99. The molecule has 88 valence electrons. The van der Waals surface area contributed by atoms with E-state index >= 15 is 0 Å². The zero-order valence-electron chi connectivity index (χ0n) is 10.3. The van der Waals surface area contributed by atoms with E-state index in [1.807, 2.05) is 0 Å². The van der Waals surface area contributed by atoms with E-state index < -0.39 is 0 Å². The lowest BCUT2D eigenvalue weighted by Crippen LogP contribution is -2.25. The average Bonchev–Trinajstić information content (AvgIpc) is 2.98. The van der Waals surface area contributed by atoms with Crippen LogP contribution >= 0.6 is 0 Å². The van der Waals surface area contributed by atoms with Gasteiger partial charge < -0.3 is 9.88 Å². The lowest BCUT2D eigenvalue weighted by Gasteiger charge is -2.21. The highest BCUT2D eigenvalue weighted by molar-refractivity contribution is 5.20. The molecule has 0 saturated heterocycles. The number of nitrogens with one attached hydrogen (secondary N) is 1. The Kier molecular flexibility index (Phi) is 2.51. The molecule has 1 fully saturated rings. The summed E-state index contributed by atoms with van der Waals surface area (Å²) in [6.07, 6.45) is 5.38. The number of imidazole rings is 1. The normalized spacial score (nSPS) is 21.9. The van der Waals surface area contributed by atoms with Crippen molar-refractivity contribution in [3.8, 4) is 0 Å². The lowest BCUT2D eigenvalue weighted by molar-refractivity contribution is 0.448. The molecule has 1 saturated carbocycles. The third-order valence-corrected chi connectivity index (χ3v) is 3.91. The predicted octanol–water partition coefficient (Wildman–Crippen LogP) is 2.20. The summed E-state index contributed by atoms with van der Waals surface area (Å²) in [5.74, 6) is 2.20. The molecule has 0 amide bonds. The third kappa shape index (κ3) is 1.77. The van der Waals surface area contributed by atoms with Crippen molar-refractivity contribution in [3.63, 3.8) is 0 Å². The Hall–Kier alpha value is -0.830. The highest BCUT2D eigenvalue weighted by Gasteiger charge is 2.27. The summed E-state index contributed by atoms with van der Waals surface area (Å²) in [5.41, 5.74) is 2.77. The van der Waals surface area contributed by atoms with E-state index in [0.717, 1.165) is 25.4 Å². The summed E-state index contributed by atoms with van der Waals surface area (Å²) in [7, 11) is 0. The van der Waals surface area contributed by atoms with E-state index in [9.17, 15) is 0 Å². The van der Waals surface area contributed by atoms with E-state index in [-0.39, 0.29) is 0 Å². The van der Waals surface area contributed by atoms with Gasteiger partial charge in [0.15, 0.2) is 0 Å². The Morgan fingerprint density at radius 3 is 3.06 bits per heavy atom. The van der Waals surface area contributed by atoms with Crippen LogP contribution in [0.15, 0.2) is 0 Å². The second kappa shape index (κ2) is 3.88. The molecule has 3 heteroatoms. The smallest absolute Gasteiger partial charge is 0.106 e. The minimum Gasteiger partial charge on any atom is -0.329 e. The minimum absolute atomic E-state index is 0.641. The van der Waals surface area contributed by atoms with Gasteiger partial charge in [-0.2, -0.15) is 0 Å². The second-order valence-corrected chi connectivity index (χ2v) is 5.38. The molecule has 1 aromatic heterocycles. The van der Waals surface area contributed by atoms with Gasteiger partial charge in [-0.15, -0.1) is 0 Å². The highest BCUT2D eigenvalue weighted by atomic mass is 15.1. The first-order chi connectivity index (χ1) is 7.75. The molecule has 1 aromatic rings. The van der Waals surface area contributed by atoms with Gasteiger partial charge in [-0.25, -0.2) is 4.98 Å². The van der Waals surface area contributed by atoms with Gasteiger partial charge in [-0.3, -0.25) is 0 Å². The van der Waals surface area contributed by atoms with Crippen molar-refractivity contribution < 1.29 is 0 Å². The van der Waals surface area contributed by atoms with Gasteiger partial charge in [0.1, 0.15) is 5.82 Å². The van der Waals surface area contributed by atoms with Gasteiger partial charge in [-0.05, 0) is 26.2 Å². The Labute approximate surface area is 97.3 Å². The Morgan fingerprint density at radius 2 is 2.31 bits per heavy atom. The van der Waals surface area contributed by atoms with Crippen LogP contribution in [0.4, 0.5) is 0 Å². The zero-order chi connectivity index (χ0) is 11.1. The van der Waals surface area contributed by atoms with Crippen molar-refractivity contribution in [1.82, 2.24) is 14.9 Å². The number of aryl methyl sites for hydroxylation is 1. The fraction of sp³-hybridized carbons (Fsp3) is 0.769. The third-order valence-electron chi connectivity index (χ3n) is 3.91. The van der Waals surface area contributed by atoms with Crippen molar-refractivity contribution in [2.45, 2.75) is 52.1 Å². The number of fused-ring (bicyclic) bond motifs is 1. The molecule has 3 rings (SSSR count). The Balaban J connectivity index is 1.88. The summed E-state index contributed by atoms with van der Waals surface area (Å²) in [6, 6.07) is 0.641. The first-order valence-electron chi connectivity index (χ1n) is 6.53. The second-order valence-electron chi connectivity index (χ2n) is 5.38. The maximum Gasteiger partial charge on any atom is 0.106 e. The highest BCUT2D eigenvalue weighted by Crippen LogP contribution is 2.37. The monoisotopic (exact) mass is 219 g/mol. The quantitative estimate of drug-likeness (QED) is 0.844. The fourth-order valence-electron chi connectivity index (χ4n) is 2.99. The molecule has 1 N–H and O–H groups in total. The molecule has 3 nitrogen and oxygen atoms in total. The largest absolute Gasteiger partial charge is 0.329 e. The number of aromatic nitrogens is 2.